The van der Waals surface area contributed by atoms with Gasteiger partial charge in [-0.3, -0.25) is 4.79 Å². The fourth-order valence-electron chi connectivity index (χ4n) is 1.94. The molecule has 0 aliphatic heterocycles. The second-order valence-electron chi connectivity index (χ2n) is 5.55. The van der Waals surface area contributed by atoms with Gasteiger partial charge in [0.05, 0.1) is 11.3 Å². The molecule has 0 saturated carbocycles. The number of hydrogen-bond donors (Lipinski definition) is 1. The monoisotopic (exact) mass is 342 g/mol. The summed E-state index contributed by atoms with van der Waals surface area (Å²) in [5, 5.41) is 3.19. The Hall–Kier alpha value is -1.89. The largest absolute Gasteiger partial charge is 0.416 e. The molecule has 0 radical (unpaired) electrons. The summed E-state index contributed by atoms with van der Waals surface area (Å²) in [5.41, 5.74) is 0.616. The first kappa shape index (κ1) is 17.5. The molecule has 1 aromatic carbocycles. The van der Waals surface area contributed by atoms with Gasteiger partial charge in [-0.1, -0.05) is 32.0 Å². The Morgan fingerprint density at radius 1 is 1.35 bits per heavy atom. The van der Waals surface area contributed by atoms with E-state index < -0.39 is 11.7 Å². The van der Waals surface area contributed by atoms with Gasteiger partial charge in [-0.15, -0.1) is 11.3 Å². The molecule has 1 N–H and O–H groups in total. The van der Waals surface area contributed by atoms with Crippen LogP contribution in [0.5, 0.6) is 0 Å². The number of alkyl halides is 3. The summed E-state index contributed by atoms with van der Waals surface area (Å²) >= 11 is 1.29. The van der Waals surface area contributed by atoms with Crippen molar-refractivity contribution in [1.82, 2.24) is 4.98 Å². The Morgan fingerprint density at radius 3 is 2.65 bits per heavy atom. The lowest BCUT2D eigenvalue weighted by atomic mass is 10.1. The van der Waals surface area contributed by atoms with Crippen LogP contribution in [-0.4, -0.2) is 10.9 Å². The van der Waals surface area contributed by atoms with Gasteiger partial charge >= 0.3 is 6.18 Å². The number of aryl methyl sites for hydroxylation is 1. The smallest absolute Gasteiger partial charge is 0.302 e. The summed E-state index contributed by atoms with van der Waals surface area (Å²) in [6.07, 6.45) is -4.00. The zero-order valence-corrected chi connectivity index (χ0v) is 13.8. The van der Waals surface area contributed by atoms with Crippen LogP contribution in [0.1, 0.15) is 35.5 Å². The van der Waals surface area contributed by atoms with Crippen LogP contribution in [0.2, 0.25) is 0 Å². The van der Waals surface area contributed by atoms with Crippen LogP contribution in [-0.2, 0) is 17.4 Å². The molecule has 7 heteroatoms. The molecule has 0 saturated heterocycles. The van der Waals surface area contributed by atoms with Crippen molar-refractivity contribution < 1.29 is 18.0 Å². The van der Waals surface area contributed by atoms with Crippen molar-refractivity contribution in [3.8, 4) is 0 Å². The molecule has 1 aromatic heterocycles. The normalized spacial score (nSPS) is 11.8. The minimum atomic E-state index is -4.35. The predicted octanol–water partition coefficient (Wildman–Crippen LogP) is 4.66. The van der Waals surface area contributed by atoms with Crippen LogP contribution in [0.25, 0.3) is 0 Å². The highest BCUT2D eigenvalue weighted by molar-refractivity contribution is 7.15. The minimum Gasteiger partial charge on any atom is -0.302 e. The van der Waals surface area contributed by atoms with Gasteiger partial charge in [-0.05, 0) is 18.6 Å². The summed E-state index contributed by atoms with van der Waals surface area (Å²) in [4.78, 5) is 16.8. The molecule has 0 fully saturated rings. The van der Waals surface area contributed by atoms with Crippen molar-refractivity contribution in [3.05, 3.63) is 46.0 Å². The van der Waals surface area contributed by atoms with Gasteiger partial charge < -0.3 is 5.32 Å². The van der Waals surface area contributed by atoms with E-state index in [1.54, 1.807) is 26.8 Å². The first-order valence-corrected chi connectivity index (χ1v) is 7.91. The molecule has 1 heterocycles. The minimum absolute atomic E-state index is 0.135. The number of anilines is 1. The third-order valence-corrected chi connectivity index (χ3v) is 4.34. The average Bonchev–Trinajstić information content (AvgIpc) is 2.78. The van der Waals surface area contributed by atoms with E-state index in [0.717, 1.165) is 17.0 Å². The summed E-state index contributed by atoms with van der Waals surface area (Å²) < 4.78 is 38.3. The topological polar surface area (TPSA) is 42.0 Å². The number of carbonyl (C=O) groups is 1. The lowest BCUT2D eigenvalue weighted by Gasteiger charge is -2.08. The summed E-state index contributed by atoms with van der Waals surface area (Å²) in [7, 11) is 0. The molecule has 0 atom stereocenters. The predicted molar refractivity (Wildman–Crippen MR) is 84.6 cm³/mol. The maximum atomic E-state index is 12.8. The molecule has 2 aromatic rings. The van der Waals surface area contributed by atoms with Gasteiger partial charge in [0.1, 0.15) is 0 Å². The van der Waals surface area contributed by atoms with E-state index in [0.29, 0.717) is 22.8 Å². The molecule has 0 bridgehead atoms. The second kappa shape index (κ2) is 6.70. The highest BCUT2D eigenvalue weighted by Crippen LogP contribution is 2.31. The third kappa shape index (κ3) is 4.54. The van der Waals surface area contributed by atoms with Crippen molar-refractivity contribution in [2.45, 2.75) is 33.4 Å². The maximum absolute atomic E-state index is 12.8. The Labute approximate surface area is 136 Å². The van der Waals surface area contributed by atoms with Crippen LogP contribution >= 0.6 is 11.3 Å². The van der Waals surface area contributed by atoms with Crippen LogP contribution < -0.4 is 5.32 Å². The average molecular weight is 342 g/mol. The molecule has 0 aliphatic rings. The van der Waals surface area contributed by atoms with Crippen LogP contribution in [0, 0.1) is 12.8 Å². The molecule has 1 amide bonds. The van der Waals surface area contributed by atoms with E-state index in [-0.39, 0.29) is 11.8 Å². The number of thiazole rings is 1. The van der Waals surface area contributed by atoms with Crippen LogP contribution in [0.4, 0.5) is 18.3 Å². The van der Waals surface area contributed by atoms with Gasteiger partial charge in [0.25, 0.3) is 0 Å². The molecule has 0 unspecified atom stereocenters. The Balaban J connectivity index is 2.18. The Kier molecular flexibility index (Phi) is 5.09. The van der Waals surface area contributed by atoms with Crippen molar-refractivity contribution in [2.75, 3.05) is 5.32 Å². The quantitative estimate of drug-likeness (QED) is 0.878. The highest BCUT2D eigenvalue weighted by atomic mass is 32.1. The molecule has 0 spiro atoms. The van der Waals surface area contributed by atoms with Crippen molar-refractivity contribution in [2.24, 2.45) is 5.92 Å². The zero-order chi connectivity index (χ0) is 17.2. The first-order valence-electron chi connectivity index (χ1n) is 7.10. The summed E-state index contributed by atoms with van der Waals surface area (Å²) in [6.45, 7) is 5.34. The number of nitrogens with one attached hydrogen (secondary N) is 1. The lowest BCUT2D eigenvalue weighted by molar-refractivity contribution is -0.137. The highest BCUT2D eigenvalue weighted by Gasteiger charge is 2.30. The SMILES string of the molecule is Cc1nc(NC(=O)C(C)C)sc1Cc1cccc(C(F)(F)F)c1. The molecule has 124 valence electrons. The standard InChI is InChI=1S/C16H17F3N2OS/c1-9(2)14(22)21-15-20-10(3)13(23-15)8-11-5-4-6-12(7-11)16(17,18)19/h4-7,9H,8H2,1-3H3,(H,20,21,22). The Morgan fingerprint density at radius 2 is 2.04 bits per heavy atom. The number of hydrogen-bond acceptors (Lipinski definition) is 3. The maximum Gasteiger partial charge on any atom is 0.416 e. The zero-order valence-electron chi connectivity index (χ0n) is 13.0. The van der Waals surface area contributed by atoms with E-state index in [1.165, 1.54) is 17.4 Å². The fourth-order valence-corrected chi connectivity index (χ4v) is 2.94. The number of carbonyl (C=O) groups excluding carboxylic acids is 1. The number of benzene rings is 1. The number of amides is 1. The molecule has 23 heavy (non-hydrogen) atoms. The van der Waals surface area contributed by atoms with Crippen molar-refractivity contribution in [3.63, 3.8) is 0 Å². The van der Waals surface area contributed by atoms with Crippen molar-refractivity contribution >= 4 is 22.4 Å². The van der Waals surface area contributed by atoms with E-state index in [4.69, 9.17) is 0 Å². The van der Waals surface area contributed by atoms with Gasteiger partial charge in [-0.2, -0.15) is 13.2 Å². The number of nitrogens with zero attached hydrogens (tertiary/aromatic N) is 1. The first-order chi connectivity index (χ1) is 10.7. The van der Waals surface area contributed by atoms with Crippen LogP contribution in [0.3, 0.4) is 0 Å². The van der Waals surface area contributed by atoms with Gasteiger partial charge in [-0.25, -0.2) is 4.98 Å². The molecule has 0 aliphatic carbocycles. The Bertz CT molecular complexity index is 708. The second-order valence-corrected chi connectivity index (χ2v) is 6.63. The lowest BCUT2D eigenvalue weighted by Crippen LogP contribution is -2.17. The molecular formula is C16H17F3N2OS. The van der Waals surface area contributed by atoms with E-state index in [1.807, 2.05) is 0 Å². The fraction of sp³-hybridized carbons (Fsp3) is 0.375. The molecule has 2 rings (SSSR count). The van der Waals surface area contributed by atoms with E-state index in [2.05, 4.69) is 10.3 Å². The number of rotatable bonds is 4. The van der Waals surface area contributed by atoms with Gasteiger partial charge in [0, 0.05) is 17.2 Å². The molecule has 3 nitrogen and oxygen atoms in total. The van der Waals surface area contributed by atoms with Crippen molar-refractivity contribution in [1.29, 1.82) is 0 Å². The van der Waals surface area contributed by atoms with Gasteiger partial charge in [0.2, 0.25) is 5.91 Å². The number of halogens is 3. The summed E-state index contributed by atoms with van der Waals surface area (Å²) in [6, 6.07) is 5.25. The van der Waals surface area contributed by atoms with E-state index in [9.17, 15) is 18.0 Å². The summed E-state index contributed by atoms with van der Waals surface area (Å²) in [5.74, 6) is -0.296. The van der Waals surface area contributed by atoms with Crippen LogP contribution in [0.15, 0.2) is 24.3 Å². The van der Waals surface area contributed by atoms with E-state index >= 15 is 0 Å². The number of aromatic nitrogens is 1. The molecular weight excluding hydrogens is 325 g/mol. The van der Waals surface area contributed by atoms with Gasteiger partial charge in [0.15, 0.2) is 5.13 Å². The third-order valence-electron chi connectivity index (χ3n) is 3.27.